The fraction of sp³-hybridized carbons (Fsp3) is 0.600. The highest BCUT2D eigenvalue weighted by Crippen LogP contribution is 2.19. The van der Waals surface area contributed by atoms with Gasteiger partial charge in [-0.25, -0.2) is 0 Å². The van der Waals surface area contributed by atoms with Crippen LogP contribution in [-0.4, -0.2) is 20.2 Å². The Morgan fingerprint density at radius 2 is 1.89 bits per heavy atom. The van der Waals surface area contributed by atoms with E-state index in [2.05, 4.69) is 12.2 Å². The fourth-order valence-corrected chi connectivity index (χ4v) is 2.02. The highest BCUT2D eigenvalue weighted by atomic mass is 35.5. The molecule has 1 N–H and O–H groups in total. The van der Waals surface area contributed by atoms with Crippen molar-refractivity contribution in [2.45, 2.75) is 38.7 Å². The Morgan fingerprint density at radius 1 is 1.17 bits per heavy atom. The van der Waals surface area contributed by atoms with Gasteiger partial charge in [0.1, 0.15) is 0 Å². The molecule has 0 aliphatic heterocycles. The van der Waals surface area contributed by atoms with Gasteiger partial charge in [-0.2, -0.15) is 0 Å². The molecular formula is C15H24ClNO. The second-order valence-corrected chi connectivity index (χ2v) is 4.97. The van der Waals surface area contributed by atoms with Crippen molar-refractivity contribution < 1.29 is 4.74 Å². The molecule has 0 fully saturated rings. The molecule has 0 radical (unpaired) electrons. The van der Waals surface area contributed by atoms with Crippen LogP contribution in [0, 0.1) is 0 Å². The lowest BCUT2D eigenvalue weighted by Crippen LogP contribution is -2.20. The van der Waals surface area contributed by atoms with Crippen molar-refractivity contribution in [2.24, 2.45) is 0 Å². The molecule has 1 rings (SSSR count). The van der Waals surface area contributed by atoms with Crippen LogP contribution in [0.3, 0.4) is 0 Å². The quantitative estimate of drug-likeness (QED) is 0.679. The molecule has 0 saturated carbocycles. The Hall–Kier alpha value is -0.570. The van der Waals surface area contributed by atoms with Crippen molar-refractivity contribution in [3.8, 4) is 0 Å². The molecule has 0 spiro atoms. The number of likely N-dealkylation sites (N-methyl/N-ethyl adjacent to an activating group) is 1. The fourth-order valence-electron chi connectivity index (χ4n) is 1.89. The Morgan fingerprint density at radius 3 is 2.50 bits per heavy atom. The van der Waals surface area contributed by atoms with Crippen LogP contribution in [0.5, 0.6) is 0 Å². The van der Waals surface area contributed by atoms with Crippen LogP contribution in [-0.2, 0) is 4.74 Å². The molecule has 0 amide bonds. The molecule has 0 aliphatic rings. The first-order valence-corrected chi connectivity index (χ1v) is 7.17. The minimum atomic E-state index is 0.119. The van der Waals surface area contributed by atoms with Gasteiger partial charge in [0.05, 0.1) is 6.10 Å². The summed E-state index contributed by atoms with van der Waals surface area (Å²) in [6.07, 6.45) is 5.07. The summed E-state index contributed by atoms with van der Waals surface area (Å²) in [5.41, 5.74) is 1.18. The lowest BCUT2D eigenvalue weighted by atomic mass is 10.1. The molecule has 3 heteroatoms. The first-order chi connectivity index (χ1) is 8.77. The standard InChI is InChI=1S/C15H24ClNO/c1-3-4-5-6-11-18-15(12-17-2)13-7-9-14(16)10-8-13/h7-10,15,17H,3-6,11-12H2,1-2H3. The van der Waals surface area contributed by atoms with Gasteiger partial charge in [0.15, 0.2) is 0 Å². The maximum atomic E-state index is 5.95. The van der Waals surface area contributed by atoms with Gasteiger partial charge in [-0.1, -0.05) is 49.9 Å². The number of rotatable bonds is 9. The minimum Gasteiger partial charge on any atom is -0.372 e. The Bertz CT molecular complexity index is 313. The van der Waals surface area contributed by atoms with Crippen LogP contribution in [0.15, 0.2) is 24.3 Å². The topological polar surface area (TPSA) is 21.3 Å². The van der Waals surface area contributed by atoms with Gasteiger partial charge >= 0.3 is 0 Å². The van der Waals surface area contributed by atoms with Gasteiger partial charge in [-0.05, 0) is 31.2 Å². The highest BCUT2D eigenvalue weighted by molar-refractivity contribution is 6.30. The summed E-state index contributed by atoms with van der Waals surface area (Å²) in [5.74, 6) is 0. The van der Waals surface area contributed by atoms with Gasteiger partial charge < -0.3 is 10.1 Å². The first-order valence-electron chi connectivity index (χ1n) is 6.79. The maximum absolute atomic E-state index is 5.95. The van der Waals surface area contributed by atoms with Crippen molar-refractivity contribution in [1.29, 1.82) is 0 Å². The number of hydrogen-bond donors (Lipinski definition) is 1. The Kier molecular flexibility index (Phi) is 8.06. The minimum absolute atomic E-state index is 0.119. The van der Waals surface area contributed by atoms with E-state index in [9.17, 15) is 0 Å². The van der Waals surface area contributed by atoms with Crippen LogP contribution in [0.4, 0.5) is 0 Å². The normalized spacial score (nSPS) is 12.6. The summed E-state index contributed by atoms with van der Waals surface area (Å²) in [6, 6.07) is 7.91. The molecule has 0 heterocycles. The number of halogens is 1. The summed E-state index contributed by atoms with van der Waals surface area (Å²) >= 11 is 5.90. The van der Waals surface area contributed by atoms with Crippen molar-refractivity contribution in [3.05, 3.63) is 34.9 Å². The van der Waals surface area contributed by atoms with E-state index >= 15 is 0 Å². The lowest BCUT2D eigenvalue weighted by molar-refractivity contribution is 0.0511. The number of nitrogens with one attached hydrogen (secondary N) is 1. The molecule has 0 saturated heterocycles. The van der Waals surface area contributed by atoms with Crippen molar-refractivity contribution in [2.75, 3.05) is 20.2 Å². The van der Waals surface area contributed by atoms with Gasteiger partial charge in [0.2, 0.25) is 0 Å². The SMILES string of the molecule is CCCCCCOC(CNC)c1ccc(Cl)cc1. The average Bonchev–Trinajstić information content (AvgIpc) is 2.38. The van der Waals surface area contributed by atoms with Crippen molar-refractivity contribution >= 4 is 11.6 Å². The molecule has 1 aromatic rings. The van der Waals surface area contributed by atoms with Gasteiger partial charge in [0.25, 0.3) is 0 Å². The molecule has 1 atom stereocenters. The van der Waals surface area contributed by atoms with E-state index in [4.69, 9.17) is 16.3 Å². The highest BCUT2D eigenvalue weighted by Gasteiger charge is 2.10. The van der Waals surface area contributed by atoms with Crippen LogP contribution < -0.4 is 5.32 Å². The number of hydrogen-bond acceptors (Lipinski definition) is 2. The summed E-state index contributed by atoms with van der Waals surface area (Å²) in [4.78, 5) is 0. The van der Waals surface area contributed by atoms with E-state index in [0.29, 0.717) is 0 Å². The molecule has 102 valence electrons. The predicted octanol–water partition coefficient (Wildman–Crippen LogP) is 4.20. The van der Waals surface area contributed by atoms with Crippen molar-refractivity contribution in [1.82, 2.24) is 5.32 Å². The summed E-state index contributed by atoms with van der Waals surface area (Å²) < 4.78 is 5.95. The van der Waals surface area contributed by atoms with E-state index in [-0.39, 0.29) is 6.10 Å². The third-order valence-corrected chi connectivity index (χ3v) is 3.20. The average molecular weight is 270 g/mol. The molecular weight excluding hydrogens is 246 g/mol. The molecule has 0 aromatic heterocycles. The van der Waals surface area contributed by atoms with E-state index < -0.39 is 0 Å². The molecule has 0 bridgehead atoms. The zero-order valence-electron chi connectivity index (χ0n) is 11.4. The lowest BCUT2D eigenvalue weighted by Gasteiger charge is -2.18. The zero-order chi connectivity index (χ0) is 13.2. The predicted molar refractivity (Wildman–Crippen MR) is 78.2 cm³/mol. The molecule has 18 heavy (non-hydrogen) atoms. The Balaban J connectivity index is 2.41. The number of ether oxygens (including phenoxy) is 1. The van der Waals surface area contributed by atoms with Crippen LogP contribution in [0.25, 0.3) is 0 Å². The zero-order valence-corrected chi connectivity index (χ0v) is 12.2. The van der Waals surface area contributed by atoms with Crippen LogP contribution in [0.1, 0.15) is 44.3 Å². The third-order valence-electron chi connectivity index (χ3n) is 2.95. The van der Waals surface area contributed by atoms with Gasteiger partial charge in [-0.3, -0.25) is 0 Å². The number of benzene rings is 1. The molecule has 2 nitrogen and oxygen atoms in total. The van der Waals surface area contributed by atoms with E-state index in [1.165, 1.54) is 24.8 Å². The molecule has 1 unspecified atom stereocenters. The second kappa shape index (κ2) is 9.37. The summed E-state index contributed by atoms with van der Waals surface area (Å²) in [5, 5.41) is 3.94. The third kappa shape index (κ3) is 5.85. The van der Waals surface area contributed by atoms with Crippen LogP contribution >= 0.6 is 11.6 Å². The summed E-state index contributed by atoms with van der Waals surface area (Å²) in [6.45, 7) is 3.88. The van der Waals surface area contributed by atoms with Gasteiger partial charge in [0, 0.05) is 18.2 Å². The second-order valence-electron chi connectivity index (χ2n) is 4.53. The van der Waals surface area contributed by atoms with E-state index in [1.807, 2.05) is 31.3 Å². The van der Waals surface area contributed by atoms with Crippen LogP contribution in [0.2, 0.25) is 5.02 Å². The first kappa shape index (κ1) is 15.5. The van der Waals surface area contributed by atoms with Gasteiger partial charge in [-0.15, -0.1) is 0 Å². The Labute approximate surface area is 116 Å². The smallest absolute Gasteiger partial charge is 0.0949 e. The van der Waals surface area contributed by atoms with E-state index in [1.54, 1.807) is 0 Å². The van der Waals surface area contributed by atoms with Crippen molar-refractivity contribution in [3.63, 3.8) is 0 Å². The molecule has 0 aliphatic carbocycles. The monoisotopic (exact) mass is 269 g/mol. The summed E-state index contributed by atoms with van der Waals surface area (Å²) in [7, 11) is 1.95. The number of unbranched alkanes of at least 4 members (excludes halogenated alkanes) is 3. The molecule has 1 aromatic carbocycles. The largest absolute Gasteiger partial charge is 0.372 e. The maximum Gasteiger partial charge on any atom is 0.0949 e. The van der Waals surface area contributed by atoms with E-state index in [0.717, 1.165) is 24.6 Å².